The number of benzene rings is 6. The second-order valence-corrected chi connectivity index (χ2v) is 13.3. The molecule has 0 aliphatic heterocycles. The zero-order valence-electron chi connectivity index (χ0n) is 27.4. The second-order valence-electron chi connectivity index (χ2n) is 13.3. The van der Waals surface area contributed by atoms with Crippen LogP contribution in [0.1, 0.15) is 30.1 Å². The highest BCUT2D eigenvalue weighted by Gasteiger charge is 2.24. The maximum Gasteiger partial charge on any atom is 0.106 e. The molecule has 2 atom stereocenters. The molecule has 0 radical (unpaired) electrons. The maximum atomic E-state index is 4.78. The summed E-state index contributed by atoms with van der Waals surface area (Å²) in [7, 11) is 4.20. The molecule has 0 saturated carbocycles. The molecule has 4 nitrogen and oxygen atoms in total. The molecule has 2 unspecified atom stereocenters. The molecular weight excluding hydrogens is 573 g/mol. The van der Waals surface area contributed by atoms with Gasteiger partial charge in [-0.1, -0.05) is 91.9 Å². The van der Waals surface area contributed by atoms with Gasteiger partial charge in [-0.25, -0.2) is 9.97 Å². The molecule has 1 aliphatic rings. The molecule has 2 heterocycles. The summed E-state index contributed by atoms with van der Waals surface area (Å²) in [4.78, 5) is 9.55. The zero-order valence-corrected chi connectivity index (χ0v) is 27.4. The van der Waals surface area contributed by atoms with Crippen LogP contribution >= 0.6 is 0 Å². The normalized spacial score (nSPS) is 16.1. The number of rotatable bonds is 3. The quantitative estimate of drug-likeness (QED) is 0.188. The lowest BCUT2D eigenvalue weighted by molar-refractivity contribution is 0.702. The second kappa shape index (κ2) is 10.3. The molecular formula is C43H36N4. The highest BCUT2D eigenvalue weighted by atomic mass is 15.1. The third-order valence-electron chi connectivity index (χ3n) is 10.6. The fraction of sp³-hybridized carbons (Fsp3) is 0.163. The van der Waals surface area contributed by atoms with Crippen molar-refractivity contribution in [3.63, 3.8) is 0 Å². The van der Waals surface area contributed by atoms with Crippen LogP contribution in [0.5, 0.6) is 0 Å². The summed E-state index contributed by atoms with van der Waals surface area (Å²) >= 11 is 0. The summed E-state index contributed by atoms with van der Waals surface area (Å²) in [5.74, 6) is 2.61. The zero-order chi connectivity index (χ0) is 32.0. The first-order valence-corrected chi connectivity index (χ1v) is 16.5. The molecule has 9 rings (SSSR count). The molecule has 0 amide bonds. The number of hydrogen-bond donors (Lipinski definition) is 0. The van der Waals surface area contributed by atoms with Gasteiger partial charge in [-0.05, 0) is 110 Å². The first-order valence-electron chi connectivity index (χ1n) is 16.5. The van der Waals surface area contributed by atoms with Crippen LogP contribution in [0.15, 0.2) is 103 Å². The van der Waals surface area contributed by atoms with Crippen molar-refractivity contribution in [1.29, 1.82) is 0 Å². The molecule has 228 valence electrons. The summed E-state index contributed by atoms with van der Waals surface area (Å²) in [6.45, 7) is 6.50. The van der Waals surface area contributed by atoms with Crippen molar-refractivity contribution >= 4 is 55.8 Å². The van der Waals surface area contributed by atoms with Crippen molar-refractivity contribution in [2.75, 3.05) is 0 Å². The van der Waals surface area contributed by atoms with Crippen LogP contribution in [0.4, 0.5) is 0 Å². The summed E-state index contributed by atoms with van der Waals surface area (Å²) in [5, 5.41) is 7.80. The van der Waals surface area contributed by atoms with E-state index in [1.807, 2.05) is 0 Å². The third-order valence-corrected chi connectivity index (χ3v) is 10.6. The molecule has 0 fully saturated rings. The third kappa shape index (κ3) is 4.21. The number of fused-ring (bicyclic) bond motifs is 5. The van der Waals surface area contributed by atoms with Crippen molar-refractivity contribution in [2.45, 2.75) is 26.7 Å². The Hall–Kier alpha value is -5.48. The minimum absolute atomic E-state index is 0.228. The van der Waals surface area contributed by atoms with Gasteiger partial charge in [0.15, 0.2) is 0 Å². The first kappa shape index (κ1) is 27.8. The average molecular weight is 609 g/mol. The van der Waals surface area contributed by atoms with Crippen LogP contribution in [-0.2, 0) is 14.1 Å². The summed E-state index contributed by atoms with van der Waals surface area (Å²) in [6, 6.07) is 38.3. The highest BCUT2D eigenvalue weighted by Crippen LogP contribution is 2.44. The van der Waals surface area contributed by atoms with E-state index in [9.17, 15) is 0 Å². The number of nitrogens with zero attached hydrogens (tertiary/aromatic N) is 4. The maximum absolute atomic E-state index is 4.78. The van der Waals surface area contributed by atoms with E-state index in [0.29, 0.717) is 5.92 Å². The molecule has 1 aliphatic carbocycles. The average Bonchev–Trinajstić information content (AvgIpc) is 3.54. The van der Waals surface area contributed by atoms with Gasteiger partial charge in [0.05, 0.1) is 22.1 Å². The largest absolute Gasteiger partial charge is 0.331 e. The number of aryl methyl sites for hydroxylation is 4. The highest BCUT2D eigenvalue weighted by molar-refractivity contribution is 6.13. The van der Waals surface area contributed by atoms with Gasteiger partial charge < -0.3 is 9.13 Å². The Kier molecular flexibility index (Phi) is 6.07. The van der Waals surface area contributed by atoms with Gasteiger partial charge in [0.25, 0.3) is 0 Å². The van der Waals surface area contributed by atoms with Crippen LogP contribution in [0.25, 0.3) is 78.0 Å². The van der Waals surface area contributed by atoms with Gasteiger partial charge in [-0.2, -0.15) is 0 Å². The summed E-state index contributed by atoms with van der Waals surface area (Å²) in [5.41, 5.74) is 10.7. The van der Waals surface area contributed by atoms with Crippen LogP contribution in [0.2, 0.25) is 0 Å². The SMILES string of the molecule is Cc1nc2ccc(-c3cccc4c(C5C=c6ccccc6=CC5C)c5cccc(-c6ccc7nc(C)n(C)c7c6)c5cc34)cc2n1C. The molecule has 4 heteroatoms. The van der Waals surface area contributed by atoms with Crippen molar-refractivity contribution in [3.05, 3.63) is 131 Å². The molecule has 0 bridgehead atoms. The molecule has 47 heavy (non-hydrogen) atoms. The lowest BCUT2D eigenvalue weighted by Gasteiger charge is -2.26. The van der Waals surface area contributed by atoms with Crippen LogP contribution in [0.3, 0.4) is 0 Å². The molecule has 6 aromatic carbocycles. The van der Waals surface area contributed by atoms with E-state index in [1.165, 1.54) is 59.8 Å². The molecule has 8 aromatic rings. The van der Waals surface area contributed by atoms with Gasteiger partial charge in [-0.15, -0.1) is 0 Å². The van der Waals surface area contributed by atoms with Crippen molar-refractivity contribution < 1.29 is 0 Å². The topological polar surface area (TPSA) is 35.6 Å². The molecule has 2 aromatic heterocycles. The number of hydrogen-bond acceptors (Lipinski definition) is 2. The Labute approximate surface area is 274 Å². The van der Waals surface area contributed by atoms with Crippen molar-refractivity contribution in [2.24, 2.45) is 20.0 Å². The number of imidazole rings is 2. The van der Waals surface area contributed by atoms with Crippen LogP contribution < -0.4 is 10.4 Å². The predicted octanol–water partition coefficient (Wildman–Crippen LogP) is 8.71. The molecule has 0 saturated heterocycles. The van der Waals surface area contributed by atoms with Crippen LogP contribution in [-0.4, -0.2) is 19.1 Å². The van der Waals surface area contributed by atoms with Gasteiger partial charge in [0.2, 0.25) is 0 Å². The smallest absolute Gasteiger partial charge is 0.106 e. The predicted molar refractivity (Wildman–Crippen MR) is 197 cm³/mol. The lowest BCUT2D eigenvalue weighted by atomic mass is 9.77. The number of aromatic nitrogens is 4. The monoisotopic (exact) mass is 608 g/mol. The van der Waals surface area contributed by atoms with Gasteiger partial charge in [0, 0.05) is 20.0 Å². The van der Waals surface area contributed by atoms with E-state index >= 15 is 0 Å². The van der Waals surface area contributed by atoms with E-state index < -0.39 is 0 Å². The van der Waals surface area contributed by atoms with Crippen molar-refractivity contribution in [1.82, 2.24) is 19.1 Å². The first-order chi connectivity index (χ1) is 22.9. The van der Waals surface area contributed by atoms with Crippen LogP contribution in [0, 0.1) is 19.8 Å². The standard InChI is InChI=1S/C43H36N4/c1-25-20-28-10-6-7-11-29(28)21-36(25)43-34-14-8-12-32(30-16-18-39-41(22-30)46(4)26(2)44-39)37(34)24-38-33(13-9-15-35(38)43)31-17-19-40-42(23-31)47(5)27(3)45-40/h6-25,36H,1-5H3. The molecule has 0 N–H and O–H groups in total. The van der Waals surface area contributed by atoms with Crippen molar-refractivity contribution in [3.8, 4) is 22.3 Å². The Morgan fingerprint density at radius 1 is 0.532 bits per heavy atom. The minimum Gasteiger partial charge on any atom is -0.331 e. The Balaban J connectivity index is 1.38. The Morgan fingerprint density at radius 3 is 1.57 bits per heavy atom. The van der Waals surface area contributed by atoms with E-state index in [0.717, 1.165) is 33.7 Å². The van der Waals surface area contributed by atoms with Gasteiger partial charge >= 0.3 is 0 Å². The summed E-state index contributed by atoms with van der Waals surface area (Å²) in [6.07, 6.45) is 4.96. The lowest BCUT2D eigenvalue weighted by Crippen LogP contribution is -2.31. The van der Waals surface area contributed by atoms with E-state index in [1.54, 1.807) is 0 Å². The van der Waals surface area contributed by atoms with Gasteiger partial charge in [-0.3, -0.25) is 0 Å². The molecule has 0 spiro atoms. The summed E-state index contributed by atoms with van der Waals surface area (Å²) < 4.78 is 4.37. The Bertz CT molecular complexity index is 2560. The van der Waals surface area contributed by atoms with E-state index in [2.05, 4.69) is 159 Å². The Morgan fingerprint density at radius 2 is 1.04 bits per heavy atom. The van der Waals surface area contributed by atoms with Gasteiger partial charge in [0.1, 0.15) is 11.6 Å². The fourth-order valence-corrected chi connectivity index (χ4v) is 7.91. The van der Waals surface area contributed by atoms with E-state index in [4.69, 9.17) is 9.97 Å². The fourth-order valence-electron chi connectivity index (χ4n) is 7.91. The van der Waals surface area contributed by atoms with E-state index in [-0.39, 0.29) is 5.92 Å². The minimum atomic E-state index is 0.228.